The molecule has 0 aliphatic carbocycles. The van der Waals surface area contributed by atoms with E-state index in [0.29, 0.717) is 19.5 Å². The Kier molecular flexibility index (Phi) is 8.51. The zero-order chi connectivity index (χ0) is 15.5. The summed E-state index contributed by atoms with van der Waals surface area (Å²) in [5, 5.41) is 18.2. The Balaban J connectivity index is 2.34. The van der Waals surface area contributed by atoms with Crippen molar-refractivity contribution in [3.63, 3.8) is 0 Å². The van der Waals surface area contributed by atoms with Crippen LogP contribution in [0, 0.1) is 0 Å². The van der Waals surface area contributed by atoms with Gasteiger partial charge in [0.05, 0.1) is 6.61 Å². The molecule has 0 fully saturated rings. The Hall–Kier alpha value is -1.55. The fourth-order valence-corrected chi connectivity index (χ4v) is 2.28. The highest BCUT2D eigenvalue weighted by Gasteiger charge is 2.10. The van der Waals surface area contributed by atoms with Gasteiger partial charge in [0.25, 0.3) is 0 Å². The van der Waals surface area contributed by atoms with Gasteiger partial charge in [-0.15, -0.1) is 0 Å². The second-order valence-corrected chi connectivity index (χ2v) is 5.41. The summed E-state index contributed by atoms with van der Waals surface area (Å²) in [6, 6.07) is 7.66. The molecule has 1 aromatic carbocycles. The van der Waals surface area contributed by atoms with Crippen LogP contribution in [0.25, 0.3) is 0 Å². The molecule has 0 spiro atoms. The van der Waals surface area contributed by atoms with E-state index in [2.05, 4.69) is 6.92 Å². The first-order valence-electron chi connectivity index (χ1n) is 7.84. The molecular formula is C17H27NO3. The summed E-state index contributed by atoms with van der Waals surface area (Å²) < 4.78 is 0. The van der Waals surface area contributed by atoms with Gasteiger partial charge >= 0.3 is 6.09 Å². The Bertz CT molecular complexity index is 403. The van der Waals surface area contributed by atoms with Crippen molar-refractivity contribution in [1.29, 1.82) is 0 Å². The minimum Gasteiger partial charge on any atom is -0.465 e. The first kappa shape index (κ1) is 17.5. The molecule has 4 heteroatoms. The van der Waals surface area contributed by atoms with Gasteiger partial charge in [0, 0.05) is 13.1 Å². The van der Waals surface area contributed by atoms with Crippen LogP contribution in [0.15, 0.2) is 24.3 Å². The number of benzene rings is 1. The van der Waals surface area contributed by atoms with Crippen LogP contribution in [0.1, 0.15) is 50.2 Å². The fourth-order valence-electron chi connectivity index (χ4n) is 2.28. The lowest BCUT2D eigenvalue weighted by Gasteiger charge is -2.19. The van der Waals surface area contributed by atoms with E-state index in [0.717, 1.165) is 24.0 Å². The van der Waals surface area contributed by atoms with Crippen molar-refractivity contribution >= 4 is 6.09 Å². The topological polar surface area (TPSA) is 60.8 Å². The van der Waals surface area contributed by atoms with Crippen molar-refractivity contribution in [3.05, 3.63) is 35.4 Å². The van der Waals surface area contributed by atoms with Gasteiger partial charge in [0.2, 0.25) is 0 Å². The maximum absolute atomic E-state index is 11.2. The molecule has 0 aromatic heterocycles. The van der Waals surface area contributed by atoms with E-state index in [1.54, 1.807) is 0 Å². The molecule has 0 unspecified atom stereocenters. The predicted molar refractivity (Wildman–Crippen MR) is 84.4 cm³/mol. The molecule has 0 saturated carbocycles. The van der Waals surface area contributed by atoms with Crippen molar-refractivity contribution in [3.8, 4) is 0 Å². The van der Waals surface area contributed by atoms with E-state index < -0.39 is 6.09 Å². The number of aliphatic hydroxyl groups is 1. The summed E-state index contributed by atoms with van der Waals surface area (Å²) >= 11 is 0. The first-order valence-corrected chi connectivity index (χ1v) is 7.84. The normalized spacial score (nSPS) is 10.6. The van der Waals surface area contributed by atoms with Crippen LogP contribution in [0.5, 0.6) is 0 Å². The van der Waals surface area contributed by atoms with Gasteiger partial charge in [0.15, 0.2) is 0 Å². The summed E-state index contributed by atoms with van der Waals surface area (Å²) in [6.45, 7) is 3.36. The molecule has 0 saturated heterocycles. The summed E-state index contributed by atoms with van der Waals surface area (Å²) in [4.78, 5) is 12.7. The number of amides is 1. The SMILES string of the molecule is CCCCCCCN(CCc1ccc(CO)cc1)C(=O)O. The summed E-state index contributed by atoms with van der Waals surface area (Å²) in [5.74, 6) is 0. The van der Waals surface area contributed by atoms with Gasteiger partial charge in [-0.05, 0) is 24.0 Å². The second-order valence-electron chi connectivity index (χ2n) is 5.41. The average Bonchev–Trinajstić information content (AvgIpc) is 2.50. The summed E-state index contributed by atoms with van der Waals surface area (Å²) in [5.41, 5.74) is 1.98. The number of aliphatic hydroxyl groups excluding tert-OH is 1. The molecule has 21 heavy (non-hydrogen) atoms. The third-order valence-electron chi connectivity index (χ3n) is 3.68. The molecular weight excluding hydrogens is 266 g/mol. The average molecular weight is 293 g/mol. The lowest BCUT2D eigenvalue weighted by molar-refractivity contribution is 0.144. The lowest BCUT2D eigenvalue weighted by atomic mass is 10.1. The summed E-state index contributed by atoms with van der Waals surface area (Å²) in [7, 11) is 0. The van der Waals surface area contributed by atoms with Gasteiger partial charge in [-0.1, -0.05) is 56.9 Å². The van der Waals surface area contributed by atoms with Gasteiger partial charge in [-0.2, -0.15) is 0 Å². The van der Waals surface area contributed by atoms with E-state index in [1.165, 1.54) is 24.2 Å². The molecule has 1 aromatic rings. The maximum Gasteiger partial charge on any atom is 0.407 e. The predicted octanol–water partition coefficient (Wildman–Crippen LogP) is 3.67. The minimum atomic E-state index is -0.836. The molecule has 4 nitrogen and oxygen atoms in total. The molecule has 0 heterocycles. The molecule has 0 aliphatic heterocycles. The van der Waals surface area contributed by atoms with Crippen LogP contribution < -0.4 is 0 Å². The van der Waals surface area contributed by atoms with Crippen LogP contribution in [0.3, 0.4) is 0 Å². The largest absolute Gasteiger partial charge is 0.465 e. The zero-order valence-electron chi connectivity index (χ0n) is 12.9. The third-order valence-corrected chi connectivity index (χ3v) is 3.68. The highest BCUT2D eigenvalue weighted by Crippen LogP contribution is 2.08. The number of hydrogen-bond acceptors (Lipinski definition) is 2. The molecule has 118 valence electrons. The van der Waals surface area contributed by atoms with E-state index in [9.17, 15) is 9.90 Å². The number of nitrogens with zero attached hydrogens (tertiary/aromatic N) is 1. The fraction of sp³-hybridized carbons (Fsp3) is 0.588. The van der Waals surface area contributed by atoms with Crippen molar-refractivity contribution < 1.29 is 15.0 Å². The molecule has 0 radical (unpaired) electrons. The second kappa shape index (κ2) is 10.2. The van der Waals surface area contributed by atoms with Gasteiger partial charge in [0.1, 0.15) is 0 Å². The Morgan fingerprint density at radius 3 is 2.19 bits per heavy atom. The molecule has 0 bridgehead atoms. The van der Waals surface area contributed by atoms with Crippen LogP contribution in [0.2, 0.25) is 0 Å². The maximum atomic E-state index is 11.2. The number of unbranched alkanes of at least 4 members (excludes halogenated alkanes) is 4. The standard InChI is InChI=1S/C17H27NO3/c1-2-3-4-5-6-12-18(17(20)21)13-11-15-7-9-16(14-19)10-8-15/h7-10,19H,2-6,11-14H2,1H3,(H,20,21). The van der Waals surface area contributed by atoms with E-state index >= 15 is 0 Å². The number of carbonyl (C=O) groups is 1. The lowest BCUT2D eigenvalue weighted by Crippen LogP contribution is -2.32. The highest BCUT2D eigenvalue weighted by molar-refractivity contribution is 5.64. The smallest absolute Gasteiger partial charge is 0.407 e. The van der Waals surface area contributed by atoms with E-state index in [-0.39, 0.29) is 6.61 Å². The molecule has 1 rings (SSSR count). The van der Waals surface area contributed by atoms with Crippen LogP contribution in [0.4, 0.5) is 4.79 Å². The molecule has 0 atom stereocenters. The van der Waals surface area contributed by atoms with Crippen molar-refractivity contribution in [2.45, 2.75) is 52.1 Å². The monoisotopic (exact) mass is 293 g/mol. The van der Waals surface area contributed by atoms with E-state index in [4.69, 9.17) is 5.11 Å². The Labute approximate surface area is 127 Å². The molecule has 1 amide bonds. The number of rotatable bonds is 10. The summed E-state index contributed by atoms with van der Waals surface area (Å²) in [6.07, 6.45) is 5.53. The number of carboxylic acid groups (broad SMARTS) is 1. The first-order chi connectivity index (χ1) is 10.2. The van der Waals surface area contributed by atoms with Crippen LogP contribution >= 0.6 is 0 Å². The van der Waals surface area contributed by atoms with E-state index in [1.807, 2.05) is 24.3 Å². The van der Waals surface area contributed by atoms with Crippen LogP contribution in [-0.4, -0.2) is 34.3 Å². The minimum absolute atomic E-state index is 0.0410. The number of hydrogen-bond donors (Lipinski definition) is 2. The highest BCUT2D eigenvalue weighted by atomic mass is 16.4. The van der Waals surface area contributed by atoms with Crippen molar-refractivity contribution in [1.82, 2.24) is 4.90 Å². The van der Waals surface area contributed by atoms with Gasteiger partial charge in [-0.3, -0.25) is 0 Å². The Morgan fingerprint density at radius 2 is 1.62 bits per heavy atom. The van der Waals surface area contributed by atoms with Gasteiger partial charge in [-0.25, -0.2) is 4.79 Å². The quantitative estimate of drug-likeness (QED) is 0.647. The molecule has 2 N–H and O–H groups in total. The van der Waals surface area contributed by atoms with Crippen molar-refractivity contribution in [2.75, 3.05) is 13.1 Å². The Morgan fingerprint density at radius 1 is 1.00 bits per heavy atom. The van der Waals surface area contributed by atoms with Crippen molar-refractivity contribution in [2.24, 2.45) is 0 Å². The molecule has 0 aliphatic rings. The van der Waals surface area contributed by atoms with Gasteiger partial charge < -0.3 is 15.1 Å². The zero-order valence-corrected chi connectivity index (χ0v) is 12.9. The van der Waals surface area contributed by atoms with Crippen LogP contribution in [-0.2, 0) is 13.0 Å². The third kappa shape index (κ3) is 7.14.